The van der Waals surface area contributed by atoms with Crippen LogP contribution in [0.3, 0.4) is 0 Å². The summed E-state index contributed by atoms with van der Waals surface area (Å²) in [7, 11) is 1.56. The third-order valence-electron chi connectivity index (χ3n) is 5.94. The van der Waals surface area contributed by atoms with Gasteiger partial charge in [0.25, 0.3) is 11.5 Å². The largest absolute Gasteiger partial charge is 0.457 e. The van der Waals surface area contributed by atoms with Crippen molar-refractivity contribution in [3.63, 3.8) is 0 Å². The van der Waals surface area contributed by atoms with Crippen LogP contribution in [0.5, 0.6) is 11.5 Å². The lowest BCUT2D eigenvalue weighted by atomic mass is 9.95. The van der Waals surface area contributed by atoms with Crippen LogP contribution in [0.15, 0.2) is 65.5 Å². The smallest absolute Gasteiger partial charge is 0.256 e. The lowest BCUT2D eigenvalue weighted by molar-refractivity contribution is 0.0335. The Morgan fingerprint density at radius 3 is 2.43 bits per heavy atom. The second-order valence-corrected chi connectivity index (χ2v) is 8.19. The van der Waals surface area contributed by atoms with Gasteiger partial charge >= 0.3 is 0 Å². The summed E-state index contributed by atoms with van der Waals surface area (Å²) in [4.78, 5) is 29.9. The molecule has 1 aromatic heterocycles. The highest BCUT2D eigenvalue weighted by atomic mass is 19.2. The number of aromatic nitrogens is 1. The van der Waals surface area contributed by atoms with Crippen LogP contribution in [0, 0.1) is 17.5 Å². The molecule has 9 heteroatoms. The number of halogens is 3. The molecule has 4 aromatic rings. The van der Waals surface area contributed by atoms with Gasteiger partial charge in [0.1, 0.15) is 17.3 Å². The van der Waals surface area contributed by atoms with Crippen LogP contribution in [0.1, 0.15) is 27.7 Å². The van der Waals surface area contributed by atoms with Crippen molar-refractivity contribution < 1.29 is 27.4 Å². The number of hydrogen-bond donors (Lipinski definition) is 1. The predicted molar refractivity (Wildman–Crippen MR) is 122 cm³/mol. The van der Waals surface area contributed by atoms with E-state index in [0.29, 0.717) is 22.6 Å². The molecule has 0 saturated heterocycles. The maximum absolute atomic E-state index is 14.1. The molecule has 1 aliphatic rings. The van der Waals surface area contributed by atoms with Crippen molar-refractivity contribution in [2.75, 3.05) is 13.7 Å². The molecule has 1 aliphatic heterocycles. The molecule has 0 saturated carbocycles. The normalized spacial score (nSPS) is 15.0. The quantitative estimate of drug-likeness (QED) is 0.442. The van der Waals surface area contributed by atoms with Gasteiger partial charge in [0, 0.05) is 29.9 Å². The number of amides is 1. The molecule has 1 amide bonds. The molecule has 0 fully saturated rings. The van der Waals surface area contributed by atoms with Crippen molar-refractivity contribution in [1.29, 1.82) is 0 Å². The van der Waals surface area contributed by atoms with Crippen LogP contribution in [0.4, 0.5) is 13.2 Å². The second-order valence-electron chi connectivity index (χ2n) is 8.19. The Bertz CT molecular complexity index is 1520. The standard InChI is InChI=1S/C26H19F3N2O4/c1-31(26(33)14-4-2-6-16(8-14)35-17-7-3-5-15(27)9-17)23-13-34-12-22-24(23)18-10-20(28)21(29)11-19(18)25(32)30-22/h2-11,23H,12-13H2,1H3,(H,30,32)/t23-/m1/s1. The monoisotopic (exact) mass is 480 g/mol. The second kappa shape index (κ2) is 8.92. The number of ether oxygens (including phenoxy) is 2. The molecule has 2 heterocycles. The van der Waals surface area contributed by atoms with Crippen LogP contribution < -0.4 is 10.3 Å². The molecule has 0 aliphatic carbocycles. The number of H-pyrrole nitrogens is 1. The van der Waals surface area contributed by atoms with E-state index >= 15 is 0 Å². The first-order valence-corrected chi connectivity index (χ1v) is 10.7. The minimum Gasteiger partial charge on any atom is -0.457 e. The first-order chi connectivity index (χ1) is 16.8. The molecule has 0 bridgehead atoms. The van der Waals surface area contributed by atoms with E-state index in [1.54, 1.807) is 31.3 Å². The number of benzene rings is 3. The Balaban J connectivity index is 1.50. The topological polar surface area (TPSA) is 71.6 Å². The van der Waals surface area contributed by atoms with Crippen molar-refractivity contribution in [2.45, 2.75) is 12.6 Å². The lowest BCUT2D eigenvalue weighted by Gasteiger charge is -2.34. The Hall–Kier alpha value is -4.11. The van der Waals surface area contributed by atoms with Crippen LogP contribution in [0.2, 0.25) is 0 Å². The number of rotatable bonds is 4. The summed E-state index contributed by atoms with van der Waals surface area (Å²) < 4.78 is 52.7. The number of carbonyl (C=O) groups is 1. The number of fused-ring (bicyclic) bond motifs is 3. The zero-order valence-electron chi connectivity index (χ0n) is 18.5. The molecule has 35 heavy (non-hydrogen) atoms. The number of nitrogens with zero attached hydrogens (tertiary/aromatic N) is 1. The number of nitrogens with one attached hydrogen (secondary N) is 1. The van der Waals surface area contributed by atoms with Gasteiger partial charge in [-0.05, 0) is 47.9 Å². The maximum Gasteiger partial charge on any atom is 0.256 e. The average Bonchev–Trinajstić information content (AvgIpc) is 2.84. The van der Waals surface area contributed by atoms with Crippen LogP contribution in [0.25, 0.3) is 10.8 Å². The highest BCUT2D eigenvalue weighted by molar-refractivity contribution is 5.95. The van der Waals surface area contributed by atoms with Crippen molar-refractivity contribution in [3.05, 3.63) is 105 Å². The third kappa shape index (κ3) is 4.26. The molecule has 5 rings (SSSR count). The first kappa shape index (κ1) is 22.7. The van der Waals surface area contributed by atoms with Gasteiger partial charge in [-0.3, -0.25) is 9.59 Å². The summed E-state index contributed by atoms with van der Waals surface area (Å²) in [5.74, 6) is -2.45. The van der Waals surface area contributed by atoms with Crippen LogP contribution >= 0.6 is 0 Å². The molecule has 0 unspecified atom stereocenters. The number of hydrogen-bond acceptors (Lipinski definition) is 4. The van der Waals surface area contributed by atoms with Gasteiger partial charge in [-0.15, -0.1) is 0 Å². The van der Waals surface area contributed by atoms with Gasteiger partial charge in [0.15, 0.2) is 11.6 Å². The summed E-state index contributed by atoms with van der Waals surface area (Å²) in [6, 6.07) is 13.2. The van der Waals surface area contributed by atoms with Gasteiger partial charge < -0.3 is 19.4 Å². The van der Waals surface area contributed by atoms with E-state index in [9.17, 15) is 22.8 Å². The molecule has 1 N–H and O–H groups in total. The molecule has 1 atom stereocenters. The molecular formula is C26H19F3N2O4. The molecule has 178 valence electrons. The minimum absolute atomic E-state index is 0.0131. The van der Waals surface area contributed by atoms with Crippen molar-refractivity contribution in [2.24, 2.45) is 0 Å². The Kier molecular flexibility index (Phi) is 5.78. The van der Waals surface area contributed by atoms with Crippen LogP contribution in [-0.4, -0.2) is 29.4 Å². The van der Waals surface area contributed by atoms with Gasteiger partial charge in [-0.25, -0.2) is 13.2 Å². The molecule has 0 spiro atoms. The number of carbonyl (C=O) groups excluding carboxylic acids is 1. The average molecular weight is 480 g/mol. The highest BCUT2D eigenvalue weighted by Crippen LogP contribution is 2.34. The van der Waals surface area contributed by atoms with E-state index in [1.165, 1.54) is 29.2 Å². The summed E-state index contributed by atoms with van der Waals surface area (Å²) in [5.41, 5.74) is 0.609. The number of pyridine rings is 1. The van der Waals surface area contributed by atoms with E-state index < -0.39 is 35.0 Å². The zero-order chi connectivity index (χ0) is 24.7. The third-order valence-corrected chi connectivity index (χ3v) is 5.94. The molecule has 0 radical (unpaired) electrons. The van der Waals surface area contributed by atoms with E-state index in [2.05, 4.69) is 4.98 Å². The summed E-state index contributed by atoms with van der Waals surface area (Å²) >= 11 is 0. The van der Waals surface area contributed by atoms with Gasteiger partial charge in [-0.1, -0.05) is 12.1 Å². The number of aromatic amines is 1. The fraction of sp³-hybridized carbons (Fsp3) is 0.154. The summed E-state index contributed by atoms with van der Waals surface area (Å²) in [5, 5.41) is 0.208. The Labute approximate surface area is 197 Å². The molecule has 3 aromatic carbocycles. The van der Waals surface area contributed by atoms with E-state index in [1.807, 2.05) is 0 Å². The zero-order valence-corrected chi connectivity index (χ0v) is 18.5. The lowest BCUT2D eigenvalue weighted by Crippen LogP contribution is -2.37. The number of likely N-dealkylation sites (N-methyl/N-ethyl adjacent to an activating group) is 1. The van der Waals surface area contributed by atoms with Crippen molar-refractivity contribution >= 4 is 16.7 Å². The highest BCUT2D eigenvalue weighted by Gasteiger charge is 2.31. The van der Waals surface area contributed by atoms with Gasteiger partial charge in [0.05, 0.1) is 24.6 Å². The molecule has 6 nitrogen and oxygen atoms in total. The van der Waals surface area contributed by atoms with Crippen molar-refractivity contribution in [1.82, 2.24) is 9.88 Å². The summed E-state index contributed by atoms with van der Waals surface area (Å²) in [6.45, 7) is 0.157. The minimum atomic E-state index is -1.13. The first-order valence-electron chi connectivity index (χ1n) is 10.7. The maximum atomic E-state index is 14.1. The predicted octanol–water partition coefficient (Wildman–Crippen LogP) is 5.08. The van der Waals surface area contributed by atoms with Gasteiger partial charge in [0.2, 0.25) is 0 Å². The molecular weight excluding hydrogens is 461 g/mol. The fourth-order valence-electron chi connectivity index (χ4n) is 4.25. The van der Waals surface area contributed by atoms with Crippen LogP contribution in [-0.2, 0) is 11.3 Å². The van der Waals surface area contributed by atoms with E-state index in [0.717, 1.165) is 12.1 Å². The van der Waals surface area contributed by atoms with Gasteiger partial charge in [-0.2, -0.15) is 0 Å². The fourth-order valence-corrected chi connectivity index (χ4v) is 4.25. The Morgan fingerprint density at radius 2 is 1.69 bits per heavy atom. The van der Waals surface area contributed by atoms with Crippen molar-refractivity contribution in [3.8, 4) is 11.5 Å². The summed E-state index contributed by atoms with van der Waals surface area (Å²) in [6.07, 6.45) is 0. The Morgan fingerprint density at radius 1 is 1.00 bits per heavy atom. The van der Waals surface area contributed by atoms with E-state index in [4.69, 9.17) is 9.47 Å². The SMILES string of the molecule is CN(C(=O)c1cccc(Oc2cccc(F)c2)c1)[C@@H]1COCc2[nH]c(=O)c3cc(F)c(F)cc3c21. The van der Waals surface area contributed by atoms with E-state index in [-0.39, 0.29) is 29.7 Å².